The zero-order valence-corrected chi connectivity index (χ0v) is 13.9. The molecule has 0 amide bonds. The maximum Gasteiger partial charge on any atom is 0.240 e. The molecule has 1 aliphatic carbocycles. The van der Waals surface area contributed by atoms with Crippen LogP contribution < -0.4 is 9.46 Å². The Labute approximate surface area is 140 Å². The number of hydrogen-bond donors (Lipinski definition) is 1. The third-order valence-electron chi connectivity index (χ3n) is 3.96. The minimum absolute atomic E-state index is 0.0857. The van der Waals surface area contributed by atoms with E-state index in [-0.39, 0.29) is 17.5 Å². The molecule has 1 heterocycles. The second-order valence-electron chi connectivity index (χ2n) is 5.81. The van der Waals surface area contributed by atoms with Gasteiger partial charge in [0.25, 0.3) is 0 Å². The highest BCUT2D eigenvalue weighted by Crippen LogP contribution is 2.23. The number of hydrogen-bond acceptors (Lipinski definition) is 4. The Balaban J connectivity index is 1.65. The van der Waals surface area contributed by atoms with Crippen molar-refractivity contribution in [3.8, 4) is 5.88 Å². The van der Waals surface area contributed by atoms with E-state index in [0.717, 1.165) is 37.3 Å². The number of ether oxygens (including phenoxy) is 1. The molecule has 0 spiro atoms. The molecule has 0 aliphatic heterocycles. The Kier molecular flexibility index (Phi) is 5.11. The monoisotopic (exact) mass is 350 g/mol. The predicted octanol–water partition coefficient (Wildman–Crippen LogP) is 3.02. The van der Waals surface area contributed by atoms with Gasteiger partial charge in [0.2, 0.25) is 15.9 Å². The molecular weight excluding hydrogens is 331 g/mol. The van der Waals surface area contributed by atoms with E-state index in [1.165, 1.54) is 18.2 Å². The molecule has 1 aromatic heterocycles. The van der Waals surface area contributed by atoms with Crippen molar-refractivity contribution in [3.63, 3.8) is 0 Å². The van der Waals surface area contributed by atoms with Crippen molar-refractivity contribution in [2.45, 2.75) is 43.2 Å². The fourth-order valence-corrected chi connectivity index (χ4v) is 3.75. The largest absolute Gasteiger partial charge is 0.474 e. The fourth-order valence-electron chi connectivity index (χ4n) is 2.70. The summed E-state index contributed by atoms with van der Waals surface area (Å²) in [5, 5.41) is 0. The minimum Gasteiger partial charge on any atom is -0.474 e. The summed E-state index contributed by atoms with van der Waals surface area (Å²) in [7, 11) is -3.77. The third-order valence-corrected chi connectivity index (χ3v) is 5.36. The zero-order valence-electron chi connectivity index (χ0n) is 13.1. The van der Waals surface area contributed by atoms with Gasteiger partial charge in [-0.3, -0.25) is 0 Å². The maximum absolute atomic E-state index is 13.2. The smallest absolute Gasteiger partial charge is 0.240 e. The number of nitrogens with one attached hydrogen (secondary N) is 1. The molecule has 7 heteroatoms. The Morgan fingerprint density at radius 3 is 2.75 bits per heavy atom. The second-order valence-corrected chi connectivity index (χ2v) is 7.58. The van der Waals surface area contributed by atoms with Crippen LogP contribution in [0.15, 0.2) is 47.5 Å². The summed E-state index contributed by atoms with van der Waals surface area (Å²) in [6.07, 6.45) is 6.17. The van der Waals surface area contributed by atoms with Gasteiger partial charge in [-0.25, -0.2) is 22.5 Å². The van der Waals surface area contributed by atoms with Gasteiger partial charge in [-0.2, -0.15) is 0 Å². The van der Waals surface area contributed by atoms with Gasteiger partial charge in [-0.1, -0.05) is 6.07 Å². The van der Waals surface area contributed by atoms with Crippen LogP contribution in [-0.4, -0.2) is 19.5 Å². The van der Waals surface area contributed by atoms with Gasteiger partial charge in [0, 0.05) is 18.8 Å². The van der Waals surface area contributed by atoms with Crippen LogP contribution in [-0.2, 0) is 16.6 Å². The van der Waals surface area contributed by atoms with Crippen molar-refractivity contribution in [2.24, 2.45) is 0 Å². The lowest BCUT2D eigenvalue weighted by Gasteiger charge is -2.13. The maximum atomic E-state index is 13.2. The van der Waals surface area contributed by atoms with Crippen molar-refractivity contribution in [2.75, 3.05) is 0 Å². The first-order chi connectivity index (χ1) is 11.5. The van der Waals surface area contributed by atoms with Gasteiger partial charge in [-0.05, 0) is 55.5 Å². The van der Waals surface area contributed by atoms with E-state index < -0.39 is 15.8 Å². The van der Waals surface area contributed by atoms with E-state index in [9.17, 15) is 12.8 Å². The van der Waals surface area contributed by atoms with Gasteiger partial charge in [0.1, 0.15) is 11.9 Å². The van der Waals surface area contributed by atoms with Crippen LogP contribution in [0.5, 0.6) is 5.88 Å². The van der Waals surface area contributed by atoms with Crippen LogP contribution in [0.2, 0.25) is 0 Å². The lowest BCUT2D eigenvalue weighted by Crippen LogP contribution is -2.23. The molecule has 128 valence electrons. The summed E-state index contributed by atoms with van der Waals surface area (Å²) < 4.78 is 45.9. The summed E-state index contributed by atoms with van der Waals surface area (Å²) in [5.74, 6) is -0.0848. The number of rotatable bonds is 6. The summed E-state index contributed by atoms with van der Waals surface area (Å²) in [6, 6.07) is 8.36. The number of pyridine rings is 1. The van der Waals surface area contributed by atoms with Crippen LogP contribution in [0.25, 0.3) is 0 Å². The predicted molar refractivity (Wildman–Crippen MR) is 87.5 cm³/mol. The summed E-state index contributed by atoms with van der Waals surface area (Å²) in [4.78, 5) is 4.07. The molecule has 3 rings (SSSR count). The number of nitrogens with zero attached hydrogens (tertiary/aromatic N) is 1. The molecule has 1 saturated carbocycles. The van der Waals surface area contributed by atoms with Crippen LogP contribution in [0.1, 0.15) is 31.2 Å². The van der Waals surface area contributed by atoms with Gasteiger partial charge >= 0.3 is 0 Å². The van der Waals surface area contributed by atoms with Crippen molar-refractivity contribution in [1.29, 1.82) is 0 Å². The number of halogens is 1. The quantitative estimate of drug-likeness (QED) is 0.869. The standard InChI is InChI=1S/C17H19FN2O3S/c18-14-4-3-7-16(11-14)24(21,22)20-12-13-8-9-19-17(10-13)23-15-5-1-2-6-15/h3-4,7-11,15,20H,1-2,5-6,12H2. The van der Waals surface area contributed by atoms with E-state index in [2.05, 4.69) is 9.71 Å². The van der Waals surface area contributed by atoms with Crippen LogP contribution >= 0.6 is 0 Å². The fraction of sp³-hybridized carbons (Fsp3) is 0.353. The SMILES string of the molecule is O=S(=O)(NCc1ccnc(OC2CCCC2)c1)c1cccc(F)c1. The first-order valence-corrected chi connectivity index (χ1v) is 9.38. The van der Waals surface area contributed by atoms with Crippen molar-refractivity contribution >= 4 is 10.0 Å². The third kappa shape index (κ3) is 4.30. The van der Waals surface area contributed by atoms with E-state index in [1.807, 2.05) is 0 Å². The highest BCUT2D eigenvalue weighted by Gasteiger charge is 2.18. The summed E-state index contributed by atoms with van der Waals surface area (Å²) in [5.41, 5.74) is 0.734. The summed E-state index contributed by atoms with van der Waals surface area (Å²) >= 11 is 0. The zero-order chi connectivity index (χ0) is 17.0. The average molecular weight is 350 g/mol. The number of sulfonamides is 1. The molecule has 1 N–H and O–H groups in total. The molecule has 0 saturated heterocycles. The Bertz CT molecular complexity index is 805. The molecule has 0 bridgehead atoms. The molecule has 0 atom stereocenters. The molecule has 2 aromatic rings. The van der Waals surface area contributed by atoms with E-state index in [0.29, 0.717) is 5.88 Å². The van der Waals surface area contributed by atoms with Gasteiger partial charge in [-0.15, -0.1) is 0 Å². The molecule has 24 heavy (non-hydrogen) atoms. The lowest BCUT2D eigenvalue weighted by molar-refractivity contribution is 0.201. The lowest BCUT2D eigenvalue weighted by atomic mass is 10.2. The molecule has 0 unspecified atom stereocenters. The Morgan fingerprint density at radius 2 is 2.00 bits per heavy atom. The number of aromatic nitrogens is 1. The second kappa shape index (κ2) is 7.27. The average Bonchev–Trinajstić information content (AvgIpc) is 3.06. The van der Waals surface area contributed by atoms with Crippen LogP contribution in [0.4, 0.5) is 4.39 Å². The van der Waals surface area contributed by atoms with E-state index in [4.69, 9.17) is 4.74 Å². The van der Waals surface area contributed by atoms with Gasteiger partial charge in [0.05, 0.1) is 4.90 Å². The normalized spacial score (nSPS) is 15.5. The highest BCUT2D eigenvalue weighted by molar-refractivity contribution is 7.89. The molecule has 1 aromatic carbocycles. The van der Waals surface area contributed by atoms with Crippen LogP contribution in [0, 0.1) is 5.82 Å². The van der Waals surface area contributed by atoms with E-state index >= 15 is 0 Å². The van der Waals surface area contributed by atoms with Crippen molar-refractivity contribution in [3.05, 3.63) is 54.0 Å². The highest BCUT2D eigenvalue weighted by atomic mass is 32.2. The molecular formula is C17H19FN2O3S. The summed E-state index contributed by atoms with van der Waals surface area (Å²) in [6.45, 7) is 0.0857. The Morgan fingerprint density at radius 1 is 1.21 bits per heavy atom. The van der Waals surface area contributed by atoms with E-state index in [1.54, 1.807) is 18.3 Å². The first-order valence-electron chi connectivity index (χ1n) is 7.90. The molecule has 0 radical (unpaired) electrons. The topological polar surface area (TPSA) is 68.3 Å². The van der Waals surface area contributed by atoms with Crippen molar-refractivity contribution in [1.82, 2.24) is 9.71 Å². The molecule has 5 nitrogen and oxygen atoms in total. The van der Waals surface area contributed by atoms with Crippen LogP contribution in [0.3, 0.4) is 0 Å². The number of benzene rings is 1. The minimum atomic E-state index is -3.77. The molecule has 1 aliphatic rings. The van der Waals surface area contributed by atoms with Gasteiger partial charge in [0.15, 0.2) is 0 Å². The van der Waals surface area contributed by atoms with Crippen molar-refractivity contribution < 1.29 is 17.5 Å². The van der Waals surface area contributed by atoms with Gasteiger partial charge < -0.3 is 4.74 Å². The first kappa shape index (κ1) is 16.9. The Hall–Kier alpha value is -1.99. The molecule has 1 fully saturated rings.